The summed E-state index contributed by atoms with van der Waals surface area (Å²) in [5.74, 6) is -3.17. The zero-order chi connectivity index (χ0) is 18.1. The maximum atomic E-state index is 13.5. The van der Waals surface area contributed by atoms with Crippen LogP contribution in [0.15, 0.2) is 28.7 Å². The zero-order valence-corrected chi connectivity index (χ0v) is 14.8. The number of rotatable bonds is 3. The highest BCUT2D eigenvalue weighted by molar-refractivity contribution is 9.10. The van der Waals surface area contributed by atoms with E-state index < -0.39 is 34.9 Å². The van der Waals surface area contributed by atoms with Crippen LogP contribution < -0.4 is 10.6 Å². The quantitative estimate of drug-likeness (QED) is 0.509. The number of hydrogen-bond acceptors (Lipinski definition) is 4. The fraction of sp³-hybridized carbons (Fsp3) is 0.429. The summed E-state index contributed by atoms with van der Waals surface area (Å²) in [6.07, 6.45) is -5.15. The summed E-state index contributed by atoms with van der Waals surface area (Å²) < 4.78 is 45.9. The Bertz CT molecular complexity index is 641. The molecule has 0 unspecified atom stereocenters. The van der Waals surface area contributed by atoms with E-state index in [4.69, 9.17) is 17.0 Å². The predicted octanol–water partition coefficient (Wildman–Crippen LogP) is 2.40. The molecule has 1 saturated heterocycles. The molecule has 10 heteroatoms. The van der Waals surface area contributed by atoms with Gasteiger partial charge in [0, 0.05) is 4.47 Å². The van der Waals surface area contributed by atoms with Crippen LogP contribution in [0.2, 0.25) is 0 Å². The average Bonchev–Trinajstić information content (AvgIpc) is 2.46. The summed E-state index contributed by atoms with van der Waals surface area (Å²) in [6.45, 7) is 1.34. The van der Waals surface area contributed by atoms with Gasteiger partial charge in [-0.3, -0.25) is 4.79 Å². The lowest BCUT2D eigenvalue weighted by molar-refractivity contribution is -0.292. The first-order chi connectivity index (χ1) is 11.1. The van der Waals surface area contributed by atoms with Crippen LogP contribution in [-0.2, 0) is 9.53 Å². The number of esters is 1. The van der Waals surface area contributed by atoms with Crippen LogP contribution >= 0.6 is 28.1 Å². The standard InChI is InChI=1S/C14H14BrF3N2O3S/c1-2-23-11(21)9-10(7-3-5-8(15)6-4-7)19-12(24)20-13(9,22)14(16,17)18/h3-6,9-10,22H,2H2,1H3,(H2,19,20,24)/t9-,10+,13-/m0/s1. The minimum Gasteiger partial charge on any atom is -0.466 e. The van der Waals surface area contributed by atoms with E-state index in [1.165, 1.54) is 19.1 Å². The van der Waals surface area contributed by atoms with Crippen LogP contribution in [0.25, 0.3) is 0 Å². The van der Waals surface area contributed by atoms with E-state index in [1.807, 2.05) is 0 Å². The predicted molar refractivity (Wildman–Crippen MR) is 86.9 cm³/mol. The normalized spacial score (nSPS) is 27.2. The Balaban J connectivity index is 2.55. The van der Waals surface area contributed by atoms with Gasteiger partial charge in [-0.05, 0) is 36.8 Å². The molecule has 1 aliphatic rings. The smallest absolute Gasteiger partial charge is 0.437 e. The molecule has 0 aromatic heterocycles. The molecule has 1 heterocycles. The monoisotopic (exact) mass is 426 g/mol. The fourth-order valence-corrected chi connectivity index (χ4v) is 3.03. The number of alkyl halides is 3. The number of carbonyl (C=O) groups is 1. The van der Waals surface area contributed by atoms with Gasteiger partial charge in [-0.2, -0.15) is 13.2 Å². The Morgan fingerprint density at radius 2 is 2.00 bits per heavy atom. The van der Waals surface area contributed by atoms with Crippen LogP contribution in [-0.4, -0.2) is 34.7 Å². The molecule has 0 radical (unpaired) electrons. The average molecular weight is 427 g/mol. The first-order valence-corrected chi connectivity index (χ1v) is 8.10. The van der Waals surface area contributed by atoms with Crippen LogP contribution in [0.5, 0.6) is 0 Å². The van der Waals surface area contributed by atoms with Gasteiger partial charge in [-0.25, -0.2) is 0 Å². The molecular formula is C14H14BrF3N2O3S. The number of carbonyl (C=O) groups excluding carboxylic acids is 1. The van der Waals surface area contributed by atoms with Crippen LogP contribution in [0.3, 0.4) is 0 Å². The number of aliphatic hydroxyl groups is 1. The van der Waals surface area contributed by atoms with Crippen molar-refractivity contribution in [3.05, 3.63) is 34.3 Å². The lowest BCUT2D eigenvalue weighted by atomic mass is 9.82. The first-order valence-electron chi connectivity index (χ1n) is 6.90. The van der Waals surface area contributed by atoms with Crippen LogP contribution in [0.1, 0.15) is 18.5 Å². The Morgan fingerprint density at radius 1 is 1.42 bits per heavy atom. The Kier molecular flexibility index (Phi) is 5.41. The van der Waals surface area contributed by atoms with Crippen molar-refractivity contribution in [2.45, 2.75) is 24.9 Å². The van der Waals surface area contributed by atoms with E-state index in [0.29, 0.717) is 10.0 Å². The highest BCUT2D eigenvalue weighted by Crippen LogP contribution is 2.43. The molecule has 3 atom stereocenters. The number of ether oxygens (including phenoxy) is 1. The third-order valence-corrected chi connectivity index (χ3v) is 4.32. The molecule has 0 spiro atoms. The van der Waals surface area contributed by atoms with Gasteiger partial charge in [-0.1, -0.05) is 28.1 Å². The molecule has 132 valence electrons. The molecule has 0 saturated carbocycles. The minimum absolute atomic E-state index is 0.124. The molecular weight excluding hydrogens is 413 g/mol. The largest absolute Gasteiger partial charge is 0.466 e. The maximum absolute atomic E-state index is 13.5. The fourth-order valence-electron chi connectivity index (χ4n) is 2.48. The van der Waals surface area contributed by atoms with E-state index >= 15 is 0 Å². The molecule has 5 nitrogen and oxygen atoms in total. The van der Waals surface area contributed by atoms with Crippen molar-refractivity contribution in [3.63, 3.8) is 0 Å². The van der Waals surface area contributed by atoms with Gasteiger partial charge in [0.15, 0.2) is 5.11 Å². The molecule has 1 aromatic carbocycles. The molecule has 1 aliphatic heterocycles. The molecule has 24 heavy (non-hydrogen) atoms. The molecule has 0 aliphatic carbocycles. The summed E-state index contributed by atoms with van der Waals surface area (Å²) in [5.41, 5.74) is -3.19. The summed E-state index contributed by atoms with van der Waals surface area (Å²) >= 11 is 8.01. The lowest BCUT2D eigenvalue weighted by Gasteiger charge is -2.45. The van der Waals surface area contributed by atoms with Crippen molar-refractivity contribution >= 4 is 39.2 Å². The minimum atomic E-state index is -5.15. The van der Waals surface area contributed by atoms with Gasteiger partial charge in [0.1, 0.15) is 5.92 Å². The van der Waals surface area contributed by atoms with E-state index in [0.717, 1.165) is 0 Å². The molecule has 3 N–H and O–H groups in total. The van der Waals surface area contributed by atoms with Crippen molar-refractivity contribution in [2.24, 2.45) is 5.92 Å². The van der Waals surface area contributed by atoms with Gasteiger partial charge in [-0.15, -0.1) is 0 Å². The van der Waals surface area contributed by atoms with Crippen molar-refractivity contribution in [1.82, 2.24) is 10.6 Å². The molecule has 0 amide bonds. The van der Waals surface area contributed by atoms with E-state index in [-0.39, 0.29) is 6.61 Å². The van der Waals surface area contributed by atoms with E-state index in [1.54, 1.807) is 17.4 Å². The van der Waals surface area contributed by atoms with Gasteiger partial charge in [0.25, 0.3) is 5.72 Å². The highest BCUT2D eigenvalue weighted by Gasteiger charge is 2.66. The zero-order valence-electron chi connectivity index (χ0n) is 12.4. The van der Waals surface area contributed by atoms with Crippen molar-refractivity contribution in [1.29, 1.82) is 0 Å². The topological polar surface area (TPSA) is 70.6 Å². The second kappa shape index (κ2) is 6.85. The highest BCUT2D eigenvalue weighted by atomic mass is 79.9. The Labute approximate surface area is 149 Å². The van der Waals surface area contributed by atoms with Crippen molar-refractivity contribution in [2.75, 3.05) is 6.61 Å². The second-order valence-electron chi connectivity index (χ2n) is 5.12. The number of nitrogens with one attached hydrogen (secondary N) is 2. The third kappa shape index (κ3) is 3.50. The van der Waals surface area contributed by atoms with E-state index in [2.05, 4.69) is 21.2 Å². The number of thiocarbonyl (C=S) groups is 1. The summed E-state index contributed by atoms with van der Waals surface area (Å²) in [5, 5.41) is 14.2. The van der Waals surface area contributed by atoms with Crippen LogP contribution in [0.4, 0.5) is 13.2 Å². The molecule has 1 aromatic rings. The summed E-state index contributed by atoms with van der Waals surface area (Å²) in [4.78, 5) is 12.2. The van der Waals surface area contributed by atoms with Crippen molar-refractivity contribution in [3.8, 4) is 0 Å². The Morgan fingerprint density at radius 3 is 2.50 bits per heavy atom. The first kappa shape index (κ1) is 18.9. The Hall–Kier alpha value is -1.39. The van der Waals surface area contributed by atoms with Gasteiger partial charge >= 0.3 is 12.1 Å². The molecule has 1 fully saturated rings. The molecule has 0 bridgehead atoms. The summed E-state index contributed by atoms with van der Waals surface area (Å²) in [7, 11) is 0. The molecule has 2 rings (SSSR count). The van der Waals surface area contributed by atoms with Gasteiger partial charge in [0.2, 0.25) is 0 Å². The lowest BCUT2D eigenvalue weighted by Crippen LogP contribution is -2.73. The van der Waals surface area contributed by atoms with Crippen LogP contribution in [0, 0.1) is 5.92 Å². The van der Waals surface area contributed by atoms with Gasteiger partial charge in [0.05, 0.1) is 12.6 Å². The van der Waals surface area contributed by atoms with E-state index in [9.17, 15) is 23.1 Å². The number of halogens is 4. The number of benzene rings is 1. The number of hydrogen-bond donors (Lipinski definition) is 3. The second-order valence-corrected chi connectivity index (χ2v) is 6.45. The van der Waals surface area contributed by atoms with Crippen molar-refractivity contribution < 1.29 is 27.8 Å². The third-order valence-electron chi connectivity index (χ3n) is 3.58. The SMILES string of the molecule is CCOC(=O)[C@@H]1[C@@H](c2ccc(Br)cc2)NC(=S)N[C@@]1(O)C(F)(F)F. The van der Waals surface area contributed by atoms with Gasteiger partial charge < -0.3 is 20.5 Å². The summed E-state index contributed by atoms with van der Waals surface area (Å²) in [6, 6.07) is 5.06. The maximum Gasteiger partial charge on any atom is 0.437 e.